The van der Waals surface area contributed by atoms with Crippen LogP contribution in [-0.2, 0) is 22.7 Å². The highest BCUT2D eigenvalue weighted by Crippen LogP contribution is 2.31. The van der Waals surface area contributed by atoms with Gasteiger partial charge in [0, 0.05) is 41.0 Å². The second kappa shape index (κ2) is 10.9. The molecule has 1 aliphatic rings. The van der Waals surface area contributed by atoms with E-state index in [9.17, 15) is 14.4 Å². The van der Waals surface area contributed by atoms with Crippen molar-refractivity contribution in [1.82, 2.24) is 4.57 Å². The van der Waals surface area contributed by atoms with Gasteiger partial charge in [0.25, 0.3) is 0 Å². The van der Waals surface area contributed by atoms with Crippen molar-refractivity contribution in [2.75, 3.05) is 5.32 Å². The Hall–Kier alpha value is -4.13. The van der Waals surface area contributed by atoms with Crippen LogP contribution in [0.15, 0.2) is 60.7 Å². The van der Waals surface area contributed by atoms with Gasteiger partial charge in [0.05, 0.1) is 5.69 Å². The number of carboxylic acid groups (broad SMARTS) is 1. The summed E-state index contributed by atoms with van der Waals surface area (Å²) in [5.41, 5.74) is 2.63. The number of nitrogens with one attached hydrogen (secondary N) is 1. The number of nitrogens with zero attached hydrogens (tertiary/aromatic N) is 1. The zero-order valence-corrected chi connectivity index (χ0v) is 20.6. The topological polar surface area (TPSA) is 97.6 Å². The van der Waals surface area contributed by atoms with Gasteiger partial charge in [-0.1, -0.05) is 43.2 Å². The Bertz CT molecular complexity index is 1470. The van der Waals surface area contributed by atoms with Crippen LogP contribution in [0.5, 0.6) is 5.75 Å². The lowest BCUT2D eigenvalue weighted by Gasteiger charge is -2.13. The first-order valence-corrected chi connectivity index (χ1v) is 12.8. The molecule has 5 rings (SSSR count). The van der Waals surface area contributed by atoms with Gasteiger partial charge < -0.3 is 19.7 Å². The van der Waals surface area contributed by atoms with Crippen LogP contribution < -0.4 is 10.1 Å². The van der Waals surface area contributed by atoms with E-state index in [1.165, 1.54) is 0 Å². The fourth-order valence-corrected chi connectivity index (χ4v) is 5.28. The molecule has 2 N–H and O–H groups in total. The molecular formula is C30H30N2O5. The summed E-state index contributed by atoms with van der Waals surface area (Å²) < 4.78 is 8.10. The molecule has 1 amide bonds. The number of ether oxygens (including phenoxy) is 1. The smallest absolute Gasteiger partial charge is 0.303 e. The Morgan fingerprint density at radius 3 is 2.57 bits per heavy atom. The number of aryl methyl sites for hydroxylation is 1. The Kier molecular flexibility index (Phi) is 7.21. The lowest BCUT2D eigenvalue weighted by atomic mass is 10.1. The zero-order chi connectivity index (χ0) is 25.8. The van der Waals surface area contributed by atoms with Crippen molar-refractivity contribution in [2.45, 2.75) is 51.7 Å². The van der Waals surface area contributed by atoms with Gasteiger partial charge in [0.2, 0.25) is 5.91 Å². The quantitative estimate of drug-likeness (QED) is 0.255. The standard InChI is InChI=1S/C30H30N2O5/c33-18-26-25-17-23(31-30(36)21-7-2-3-8-21)12-14-27(25)32(15-5-10-29(34)35)28(26)19-37-24-13-11-20-6-1-4-9-22(20)16-24/h1,4,6,9,11-14,16-18,21H,2-3,5,7-8,10,15,19H2,(H,31,36)(H,34,35). The second-order valence-corrected chi connectivity index (χ2v) is 9.63. The molecular weight excluding hydrogens is 468 g/mol. The van der Waals surface area contributed by atoms with Gasteiger partial charge in [-0.05, 0) is 60.4 Å². The molecule has 3 aromatic carbocycles. The van der Waals surface area contributed by atoms with Crippen LogP contribution in [0.25, 0.3) is 21.7 Å². The molecule has 1 heterocycles. The Morgan fingerprint density at radius 2 is 1.81 bits per heavy atom. The van der Waals surface area contributed by atoms with E-state index in [2.05, 4.69) is 5.32 Å². The number of benzene rings is 3. The average Bonchev–Trinajstić information content (AvgIpc) is 3.54. The highest BCUT2D eigenvalue weighted by Gasteiger charge is 2.23. The predicted molar refractivity (Wildman–Crippen MR) is 143 cm³/mol. The summed E-state index contributed by atoms with van der Waals surface area (Å²) in [4.78, 5) is 36.1. The normalized spacial score (nSPS) is 13.7. The molecule has 4 aromatic rings. The van der Waals surface area contributed by atoms with Crippen molar-refractivity contribution in [1.29, 1.82) is 0 Å². The van der Waals surface area contributed by atoms with Crippen molar-refractivity contribution in [3.8, 4) is 5.75 Å². The summed E-state index contributed by atoms with van der Waals surface area (Å²) in [6.07, 6.45) is 5.22. The molecule has 7 heteroatoms. The molecule has 0 aliphatic heterocycles. The number of aliphatic carboxylic acids is 1. The maximum absolute atomic E-state index is 12.7. The Balaban J connectivity index is 1.46. The number of hydrogen-bond acceptors (Lipinski definition) is 4. The van der Waals surface area contributed by atoms with E-state index < -0.39 is 5.97 Å². The summed E-state index contributed by atoms with van der Waals surface area (Å²) in [6, 6.07) is 19.4. The van der Waals surface area contributed by atoms with Crippen LogP contribution >= 0.6 is 0 Å². The van der Waals surface area contributed by atoms with E-state index in [1.807, 2.05) is 65.2 Å². The third-order valence-electron chi connectivity index (χ3n) is 7.19. The number of anilines is 1. The number of fused-ring (bicyclic) bond motifs is 2. The van der Waals surface area contributed by atoms with Gasteiger partial charge in [-0.15, -0.1) is 0 Å². The molecule has 37 heavy (non-hydrogen) atoms. The minimum atomic E-state index is -0.863. The van der Waals surface area contributed by atoms with Gasteiger partial charge >= 0.3 is 5.97 Å². The summed E-state index contributed by atoms with van der Waals surface area (Å²) in [7, 11) is 0. The number of aldehydes is 1. The van der Waals surface area contributed by atoms with Crippen molar-refractivity contribution in [3.05, 3.63) is 71.9 Å². The predicted octanol–water partition coefficient (Wildman–Crippen LogP) is 6.18. The van der Waals surface area contributed by atoms with Gasteiger partial charge in [-0.2, -0.15) is 0 Å². The lowest BCUT2D eigenvalue weighted by molar-refractivity contribution is -0.137. The highest BCUT2D eigenvalue weighted by molar-refractivity contribution is 6.02. The van der Waals surface area contributed by atoms with Crippen LogP contribution in [-0.4, -0.2) is 27.8 Å². The molecule has 7 nitrogen and oxygen atoms in total. The van der Waals surface area contributed by atoms with Crippen LogP contribution in [0.1, 0.15) is 54.6 Å². The van der Waals surface area contributed by atoms with E-state index in [1.54, 1.807) is 0 Å². The molecule has 1 aliphatic carbocycles. The van der Waals surface area contributed by atoms with Crippen LogP contribution in [0.4, 0.5) is 5.69 Å². The van der Waals surface area contributed by atoms with Crippen molar-refractivity contribution >= 4 is 45.5 Å². The first-order valence-electron chi connectivity index (χ1n) is 12.8. The average molecular weight is 499 g/mol. The molecule has 0 atom stereocenters. The first kappa shape index (κ1) is 24.6. The number of carbonyl (C=O) groups is 3. The van der Waals surface area contributed by atoms with Gasteiger partial charge in [-0.25, -0.2) is 0 Å². The number of rotatable bonds is 10. The molecule has 0 spiro atoms. The fourth-order valence-electron chi connectivity index (χ4n) is 5.28. The molecule has 1 fully saturated rings. The Morgan fingerprint density at radius 1 is 1.03 bits per heavy atom. The van der Waals surface area contributed by atoms with Gasteiger partial charge in [0.1, 0.15) is 12.4 Å². The van der Waals surface area contributed by atoms with E-state index in [0.717, 1.165) is 48.3 Å². The third-order valence-corrected chi connectivity index (χ3v) is 7.19. The summed E-state index contributed by atoms with van der Waals surface area (Å²) in [5, 5.41) is 15.0. The van der Waals surface area contributed by atoms with Crippen LogP contribution in [0.2, 0.25) is 0 Å². The Labute approximate surface area is 215 Å². The SMILES string of the molecule is O=Cc1c(COc2ccc3ccccc3c2)n(CCCC(=O)O)c2ccc(NC(=O)C3CCCC3)cc12. The van der Waals surface area contributed by atoms with Crippen molar-refractivity contribution in [2.24, 2.45) is 5.92 Å². The molecule has 1 saturated carbocycles. The number of carboxylic acids is 1. The van der Waals surface area contributed by atoms with Gasteiger partial charge in [0.15, 0.2) is 6.29 Å². The highest BCUT2D eigenvalue weighted by atomic mass is 16.5. The second-order valence-electron chi connectivity index (χ2n) is 9.63. The monoisotopic (exact) mass is 498 g/mol. The van der Waals surface area contributed by atoms with Crippen LogP contribution in [0, 0.1) is 5.92 Å². The molecule has 190 valence electrons. The van der Waals surface area contributed by atoms with E-state index >= 15 is 0 Å². The van der Waals surface area contributed by atoms with E-state index in [-0.39, 0.29) is 24.9 Å². The zero-order valence-electron chi connectivity index (χ0n) is 20.6. The van der Waals surface area contributed by atoms with E-state index in [0.29, 0.717) is 41.0 Å². The number of amides is 1. The van der Waals surface area contributed by atoms with E-state index in [4.69, 9.17) is 9.84 Å². The van der Waals surface area contributed by atoms with Crippen LogP contribution in [0.3, 0.4) is 0 Å². The van der Waals surface area contributed by atoms with Gasteiger partial charge in [-0.3, -0.25) is 14.4 Å². The molecule has 1 aromatic heterocycles. The van der Waals surface area contributed by atoms with Crippen molar-refractivity contribution < 1.29 is 24.2 Å². The summed E-state index contributed by atoms with van der Waals surface area (Å²) >= 11 is 0. The lowest BCUT2D eigenvalue weighted by Crippen LogP contribution is -2.20. The molecule has 0 unspecified atom stereocenters. The largest absolute Gasteiger partial charge is 0.487 e. The third kappa shape index (κ3) is 5.35. The van der Waals surface area contributed by atoms with Crippen molar-refractivity contribution in [3.63, 3.8) is 0 Å². The minimum Gasteiger partial charge on any atom is -0.487 e. The maximum atomic E-state index is 12.7. The minimum absolute atomic E-state index is 0.0188. The summed E-state index contributed by atoms with van der Waals surface area (Å²) in [6.45, 7) is 0.582. The molecule has 0 bridgehead atoms. The fraction of sp³-hybridized carbons (Fsp3) is 0.300. The number of aromatic nitrogens is 1. The number of carbonyl (C=O) groups excluding carboxylic acids is 2. The summed E-state index contributed by atoms with van der Waals surface area (Å²) in [5.74, 6) is -0.127. The number of hydrogen-bond donors (Lipinski definition) is 2. The first-order chi connectivity index (χ1) is 18.0. The molecule has 0 saturated heterocycles. The maximum Gasteiger partial charge on any atom is 0.303 e. The molecule has 0 radical (unpaired) electrons.